The summed E-state index contributed by atoms with van der Waals surface area (Å²) in [6.45, 7) is 1.20. The number of hydrogen-bond donors (Lipinski definition) is 1. The lowest BCUT2D eigenvalue weighted by atomic mass is 9.64. The number of carbonyl (C=O) groups is 1. The maximum absolute atomic E-state index is 13.8. The second-order valence-corrected chi connectivity index (χ2v) is 4.72. The van der Waals surface area contributed by atoms with Crippen LogP contribution in [0.1, 0.15) is 43.5 Å². The molecule has 0 radical (unpaired) electrons. The van der Waals surface area contributed by atoms with Crippen LogP contribution < -0.4 is 0 Å². The third-order valence-corrected chi connectivity index (χ3v) is 3.64. The van der Waals surface area contributed by atoms with Crippen LogP contribution in [0.25, 0.3) is 0 Å². The van der Waals surface area contributed by atoms with Gasteiger partial charge in [-0.3, -0.25) is 4.79 Å². The maximum atomic E-state index is 13.8. The summed E-state index contributed by atoms with van der Waals surface area (Å²) in [6.07, 6.45) is -0.321. The van der Waals surface area contributed by atoms with Crippen molar-refractivity contribution in [3.63, 3.8) is 0 Å². The van der Waals surface area contributed by atoms with Gasteiger partial charge in [-0.2, -0.15) is 0 Å². The van der Waals surface area contributed by atoms with Crippen molar-refractivity contribution in [2.75, 3.05) is 0 Å². The summed E-state index contributed by atoms with van der Waals surface area (Å²) in [5.41, 5.74) is -1.66. The molecule has 0 heterocycles. The molecule has 1 unspecified atom stereocenters. The van der Waals surface area contributed by atoms with Gasteiger partial charge < -0.3 is 5.11 Å². The van der Waals surface area contributed by atoms with Crippen LogP contribution in [-0.2, 0) is 10.2 Å². The van der Waals surface area contributed by atoms with E-state index in [9.17, 15) is 23.1 Å². The van der Waals surface area contributed by atoms with Crippen molar-refractivity contribution in [2.24, 2.45) is 0 Å². The van der Waals surface area contributed by atoms with Gasteiger partial charge in [-0.25, -0.2) is 13.2 Å². The van der Waals surface area contributed by atoms with Crippen LogP contribution in [-0.4, -0.2) is 11.1 Å². The fraction of sp³-hybridized carbons (Fsp3) is 0.462. The van der Waals surface area contributed by atoms with Crippen molar-refractivity contribution in [1.82, 2.24) is 0 Å². The van der Waals surface area contributed by atoms with E-state index in [4.69, 9.17) is 0 Å². The molecule has 18 heavy (non-hydrogen) atoms. The topological polar surface area (TPSA) is 37.3 Å². The zero-order valence-corrected chi connectivity index (χ0v) is 9.84. The second-order valence-electron chi connectivity index (χ2n) is 4.72. The van der Waals surface area contributed by atoms with Crippen LogP contribution in [0.2, 0.25) is 0 Å². The zero-order chi connectivity index (χ0) is 13.5. The fourth-order valence-electron chi connectivity index (χ4n) is 2.32. The molecule has 1 aromatic rings. The minimum absolute atomic E-state index is 0.0311. The molecular formula is C13H13F3O2. The summed E-state index contributed by atoms with van der Waals surface area (Å²) in [7, 11) is 0. The third kappa shape index (κ3) is 1.78. The normalized spacial score (nSPS) is 19.1. The summed E-state index contributed by atoms with van der Waals surface area (Å²) in [5, 5.41) is 9.20. The Balaban J connectivity index is 2.59. The molecule has 1 atom stereocenters. The van der Waals surface area contributed by atoms with Crippen LogP contribution in [0.15, 0.2) is 12.1 Å². The predicted octanol–water partition coefficient (Wildman–Crippen LogP) is 3.50. The Morgan fingerprint density at radius 2 is 2.00 bits per heavy atom. The first-order valence-corrected chi connectivity index (χ1v) is 5.75. The van der Waals surface area contributed by atoms with E-state index in [-0.39, 0.29) is 24.0 Å². The predicted molar refractivity (Wildman–Crippen MR) is 59.0 cm³/mol. The summed E-state index contributed by atoms with van der Waals surface area (Å²) in [5.74, 6) is -3.56. The molecule has 0 aromatic heterocycles. The molecule has 1 N–H and O–H groups in total. The summed E-state index contributed by atoms with van der Waals surface area (Å²) in [4.78, 5) is 11.3. The van der Waals surface area contributed by atoms with E-state index >= 15 is 0 Å². The molecule has 98 valence electrons. The number of hydrogen-bond acceptors (Lipinski definition) is 1. The van der Waals surface area contributed by atoms with Crippen LogP contribution in [0.3, 0.4) is 0 Å². The molecule has 0 bridgehead atoms. The summed E-state index contributed by atoms with van der Waals surface area (Å²) in [6, 6.07) is 1.91. The number of carboxylic acid groups (broad SMARTS) is 1. The number of rotatable bonds is 3. The molecule has 0 aliphatic heterocycles. The van der Waals surface area contributed by atoms with Gasteiger partial charge in [-0.15, -0.1) is 0 Å². The Morgan fingerprint density at radius 3 is 2.39 bits per heavy atom. The quantitative estimate of drug-likeness (QED) is 0.900. The molecular weight excluding hydrogens is 245 g/mol. The molecule has 0 amide bonds. The van der Waals surface area contributed by atoms with Crippen molar-refractivity contribution >= 4 is 5.97 Å². The van der Waals surface area contributed by atoms with E-state index in [2.05, 4.69) is 0 Å². The number of carboxylic acids is 1. The maximum Gasteiger partial charge on any atom is 0.314 e. The molecule has 1 aromatic carbocycles. The SMILES string of the molecule is CC(F)c1cc(F)c(F)c(C2(C(=O)O)CCC2)c1. The van der Waals surface area contributed by atoms with Gasteiger partial charge in [0.1, 0.15) is 6.17 Å². The Kier molecular flexibility index (Phi) is 3.09. The molecule has 2 rings (SSSR count). The highest BCUT2D eigenvalue weighted by atomic mass is 19.2. The Labute approximate surface area is 102 Å². The molecule has 1 aliphatic carbocycles. The monoisotopic (exact) mass is 258 g/mol. The van der Waals surface area contributed by atoms with Crippen molar-refractivity contribution in [1.29, 1.82) is 0 Å². The Hall–Kier alpha value is -1.52. The zero-order valence-electron chi connectivity index (χ0n) is 9.84. The first kappa shape index (κ1) is 12.9. The molecule has 1 fully saturated rings. The Morgan fingerprint density at radius 1 is 1.39 bits per heavy atom. The van der Waals surface area contributed by atoms with Crippen molar-refractivity contribution in [3.8, 4) is 0 Å². The van der Waals surface area contributed by atoms with Crippen molar-refractivity contribution in [2.45, 2.75) is 37.8 Å². The lowest BCUT2D eigenvalue weighted by Crippen LogP contribution is -2.43. The van der Waals surface area contributed by atoms with Gasteiger partial charge in [0, 0.05) is 5.56 Å². The minimum atomic E-state index is -1.47. The number of halogens is 3. The van der Waals surface area contributed by atoms with E-state index in [0.717, 1.165) is 12.1 Å². The third-order valence-electron chi connectivity index (χ3n) is 3.64. The summed E-state index contributed by atoms with van der Waals surface area (Å²) >= 11 is 0. The molecule has 2 nitrogen and oxygen atoms in total. The molecule has 5 heteroatoms. The van der Waals surface area contributed by atoms with Gasteiger partial charge in [0.15, 0.2) is 11.6 Å². The first-order valence-electron chi connectivity index (χ1n) is 5.75. The highest BCUT2D eigenvalue weighted by Crippen LogP contribution is 2.46. The Bertz CT molecular complexity index is 493. The highest BCUT2D eigenvalue weighted by molar-refractivity contribution is 5.82. The van der Waals surface area contributed by atoms with E-state index in [1.165, 1.54) is 6.92 Å². The molecule has 1 saturated carbocycles. The van der Waals surface area contributed by atoms with E-state index in [0.29, 0.717) is 6.42 Å². The fourth-order valence-corrected chi connectivity index (χ4v) is 2.32. The number of aliphatic carboxylic acids is 1. The van der Waals surface area contributed by atoms with Crippen LogP contribution in [0.4, 0.5) is 13.2 Å². The lowest BCUT2D eigenvalue weighted by Gasteiger charge is -2.38. The van der Waals surface area contributed by atoms with Crippen LogP contribution in [0.5, 0.6) is 0 Å². The molecule has 1 aliphatic rings. The van der Waals surface area contributed by atoms with E-state index < -0.39 is 29.2 Å². The van der Waals surface area contributed by atoms with Gasteiger partial charge in [0.2, 0.25) is 0 Å². The number of benzene rings is 1. The average molecular weight is 258 g/mol. The van der Waals surface area contributed by atoms with Gasteiger partial charge in [-0.05, 0) is 37.5 Å². The number of alkyl halides is 1. The van der Waals surface area contributed by atoms with E-state index in [1.807, 2.05) is 0 Å². The van der Waals surface area contributed by atoms with Gasteiger partial charge in [-0.1, -0.05) is 6.42 Å². The van der Waals surface area contributed by atoms with E-state index in [1.54, 1.807) is 0 Å². The first-order chi connectivity index (χ1) is 8.38. The molecule has 0 saturated heterocycles. The standard InChI is InChI=1S/C13H13F3O2/c1-7(14)8-5-9(11(16)10(15)6-8)13(12(17)18)3-2-4-13/h5-7H,2-4H2,1H3,(H,17,18). The van der Waals surface area contributed by atoms with Crippen LogP contribution in [0, 0.1) is 11.6 Å². The minimum Gasteiger partial charge on any atom is -0.481 e. The molecule has 0 spiro atoms. The average Bonchev–Trinajstić information content (AvgIpc) is 2.21. The highest BCUT2D eigenvalue weighted by Gasteiger charge is 2.48. The van der Waals surface area contributed by atoms with Gasteiger partial charge in [0.05, 0.1) is 5.41 Å². The van der Waals surface area contributed by atoms with Gasteiger partial charge >= 0.3 is 5.97 Å². The van der Waals surface area contributed by atoms with Crippen LogP contribution >= 0.6 is 0 Å². The van der Waals surface area contributed by atoms with Crippen molar-refractivity contribution in [3.05, 3.63) is 34.9 Å². The smallest absolute Gasteiger partial charge is 0.314 e. The van der Waals surface area contributed by atoms with Crippen molar-refractivity contribution < 1.29 is 23.1 Å². The largest absolute Gasteiger partial charge is 0.481 e. The second kappa shape index (κ2) is 4.30. The summed E-state index contributed by atoms with van der Waals surface area (Å²) < 4.78 is 40.4. The van der Waals surface area contributed by atoms with Gasteiger partial charge in [0.25, 0.3) is 0 Å². The lowest BCUT2D eigenvalue weighted by molar-refractivity contribution is -0.147.